The number of aliphatic hydroxyl groups excluding tert-OH is 1. The lowest BCUT2D eigenvalue weighted by Gasteiger charge is -2.04. The van der Waals surface area contributed by atoms with Crippen LogP contribution in [0, 0.1) is 0 Å². The van der Waals surface area contributed by atoms with E-state index in [9.17, 15) is 9.59 Å². The molecule has 1 rings (SSSR count). The van der Waals surface area contributed by atoms with Gasteiger partial charge in [0.2, 0.25) is 0 Å². The van der Waals surface area contributed by atoms with Gasteiger partial charge in [0.1, 0.15) is 0 Å². The average molecular weight is 171 g/mol. The highest BCUT2D eigenvalue weighted by atomic mass is 16.6. The predicted octanol–water partition coefficient (Wildman–Crippen LogP) is -0.0924. The molecule has 0 saturated carbocycles. The molecule has 0 spiro atoms. The van der Waals surface area contributed by atoms with Crippen molar-refractivity contribution in [2.45, 2.75) is 20.0 Å². The predicted molar refractivity (Wildman–Crippen MR) is 39.0 cm³/mol. The highest BCUT2D eigenvalue weighted by molar-refractivity contribution is 6.07. The van der Waals surface area contributed by atoms with E-state index in [1.165, 1.54) is 13.8 Å². The van der Waals surface area contributed by atoms with E-state index < -0.39 is 18.1 Å². The van der Waals surface area contributed by atoms with Gasteiger partial charge >= 0.3 is 6.09 Å². The number of ether oxygens (including phenoxy) is 1. The van der Waals surface area contributed by atoms with Gasteiger partial charge in [-0.05, 0) is 13.8 Å². The molecule has 0 unspecified atom stereocenters. The summed E-state index contributed by atoms with van der Waals surface area (Å²) in [6.07, 6.45) is -1.59. The van der Waals surface area contributed by atoms with E-state index in [2.05, 4.69) is 4.74 Å². The van der Waals surface area contributed by atoms with Crippen molar-refractivity contribution in [1.82, 2.24) is 5.32 Å². The first-order valence-electron chi connectivity index (χ1n) is 3.44. The SMILES string of the molecule is C/C(=C1\OC(=O)NC1=O)[C@H](C)O. The molecule has 1 fully saturated rings. The van der Waals surface area contributed by atoms with E-state index in [0.29, 0.717) is 5.57 Å². The monoisotopic (exact) mass is 171 g/mol. The van der Waals surface area contributed by atoms with Crippen LogP contribution in [0.1, 0.15) is 13.8 Å². The van der Waals surface area contributed by atoms with Crippen LogP contribution in [0.2, 0.25) is 0 Å². The van der Waals surface area contributed by atoms with Crippen molar-refractivity contribution >= 4 is 12.0 Å². The highest BCUT2D eigenvalue weighted by Crippen LogP contribution is 2.14. The second kappa shape index (κ2) is 2.94. The molecule has 1 aliphatic rings. The van der Waals surface area contributed by atoms with Gasteiger partial charge in [0.15, 0.2) is 5.76 Å². The standard InChI is InChI=1S/C7H9NO4/c1-3(4(2)9)5-6(10)8-7(11)12-5/h4,9H,1-2H3,(H,8,10,11)/b5-3+/t4-/m0/s1. The summed E-state index contributed by atoms with van der Waals surface area (Å²) < 4.78 is 4.52. The second-order valence-electron chi connectivity index (χ2n) is 2.53. The van der Waals surface area contributed by atoms with E-state index in [1.54, 1.807) is 0 Å². The Morgan fingerprint density at radius 2 is 2.17 bits per heavy atom. The first kappa shape index (κ1) is 8.73. The van der Waals surface area contributed by atoms with Gasteiger partial charge in [-0.25, -0.2) is 4.79 Å². The molecule has 0 aliphatic carbocycles. The molecule has 66 valence electrons. The molecule has 1 saturated heterocycles. The van der Waals surface area contributed by atoms with Crippen LogP contribution < -0.4 is 5.32 Å². The Morgan fingerprint density at radius 1 is 1.58 bits per heavy atom. The Hall–Kier alpha value is -1.36. The fourth-order valence-corrected chi connectivity index (χ4v) is 0.763. The van der Waals surface area contributed by atoms with Gasteiger partial charge in [-0.2, -0.15) is 0 Å². The van der Waals surface area contributed by atoms with Crippen molar-refractivity contribution in [3.63, 3.8) is 0 Å². The molecule has 0 aromatic rings. The van der Waals surface area contributed by atoms with E-state index in [0.717, 1.165) is 0 Å². The third-order valence-corrected chi connectivity index (χ3v) is 1.60. The Morgan fingerprint density at radius 3 is 2.50 bits per heavy atom. The third kappa shape index (κ3) is 1.45. The number of amides is 2. The minimum Gasteiger partial charge on any atom is -0.404 e. The number of rotatable bonds is 1. The molecule has 0 aromatic carbocycles. The number of imide groups is 1. The minimum atomic E-state index is -0.796. The first-order valence-corrected chi connectivity index (χ1v) is 3.44. The third-order valence-electron chi connectivity index (χ3n) is 1.60. The van der Waals surface area contributed by atoms with Gasteiger partial charge in [0, 0.05) is 5.57 Å². The van der Waals surface area contributed by atoms with Crippen molar-refractivity contribution in [2.75, 3.05) is 0 Å². The molecule has 2 N–H and O–H groups in total. The van der Waals surface area contributed by atoms with Crippen LogP contribution in [-0.2, 0) is 9.53 Å². The molecule has 12 heavy (non-hydrogen) atoms. The molecule has 1 atom stereocenters. The van der Waals surface area contributed by atoms with Crippen molar-refractivity contribution in [1.29, 1.82) is 0 Å². The topological polar surface area (TPSA) is 75.6 Å². The van der Waals surface area contributed by atoms with Gasteiger partial charge in [-0.3, -0.25) is 10.1 Å². The largest absolute Gasteiger partial charge is 0.419 e. The Kier molecular flexibility index (Phi) is 2.14. The summed E-state index contributed by atoms with van der Waals surface area (Å²) in [5.41, 5.74) is 0.346. The molecule has 0 aromatic heterocycles. The van der Waals surface area contributed by atoms with Gasteiger partial charge in [-0.1, -0.05) is 0 Å². The number of alkyl carbamates (subject to hydrolysis) is 1. The van der Waals surface area contributed by atoms with Crippen molar-refractivity contribution in [2.24, 2.45) is 0 Å². The summed E-state index contributed by atoms with van der Waals surface area (Å²) in [6.45, 7) is 3.01. The Balaban J connectivity index is 2.95. The summed E-state index contributed by atoms with van der Waals surface area (Å²) in [6, 6.07) is 0. The van der Waals surface area contributed by atoms with Crippen LogP contribution >= 0.6 is 0 Å². The van der Waals surface area contributed by atoms with Crippen molar-refractivity contribution in [3.8, 4) is 0 Å². The lowest BCUT2D eigenvalue weighted by atomic mass is 10.1. The van der Waals surface area contributed by atoms with Crippen molar-refractivity contribution in [3.05, 3.63) is 11.3 Å². The highest BCUT2D eigenvalue weighted by Gasteiger charge is 2.29. The molecule has 0 bridgehead atoms. The average Bonchev–Trinajstić information content (AvgIpc) is 2.28. The smallest absolute Gasteiger partial charge is 0.404 e. The summed E-state index contributed by atoms with van der Waals surface area (Å²) in [5, 5.41) is 11.0. The van der Waals surface area contributed by atoms with Crippen LogP contribution in [-0.4, -0.2) is 23.2 Å². The maximum absolute atomic E-state index is 10.9. The normalized spacial score (nSPS) is 23.2. The molecule has 1 aliphatic heterocycles. The molecule has 1 heterocycles. The summed E-state index contributed by atoms with van der Waals surface area (Å²) >= 11 is 0. The number of carbonyl (C=O) groups excluding carboxylic acids is 2. The number of hydrogen-bond donors (Lipinski definition) is 2. The maximum Gasteiger partial charge on any atom is 0.419 e. The Labute approximate surface area is 69.0 Å². The molecule has 5 heteroatoms. The van der Waals surface area contributed by atoms with Crippen LogP contribution in [0.4, 0.5) is 4.79 Å². The first-order chi connectivity index (χ1) is 5.52. The fourth-order valence-electron chi connectivity index (χ4n) is 0.763. The molecule has 2 amide bonds. The number of hydrogen-bond acceptors (Lipinski definition) is 4. The zero-order chi connectivity index (χ0) is 9.30. The van der Waals surface area contributed by atoms with E-state index >= 15 is 0 Å². The summed E-state index contributed by atoms with van der Waals surface area (Å²) in [7, 11) is 0. The summed E-state index contributed by atoms with van der Waals surface area (Å²) in [5.74, 6) is -0.701. The van der Waals surface area contributed by atoms with Crippen LogP contribution in [0.5, 0.6) is 0 Å². The number of cyclic esters (lactones) is 1. The van der Waals surface area contributed by atoms with E-state index in [1.807, 2.05) is 5.32 Å². The summed E-state index contributed by atoms with van der Waals surface area (Å²) in [4.78, 5) is 21.4. The van der Waals surface area contributed by atoms with Gasteiger partial charge in [0.25, 0.3) is 5.91 Å². The lowest BCUT2D eigenvalue weighted by Crippen LogP contribution is -2.19. The van der Waals surface area contributed by atoms with Crippen LogP contribution in [0.25, 0.3) is 0 Å². The zero-order valence-electron chi connectivity index (χ0n) is 6.75. The second-order valence-corrected chi connectivity index (χ2v) is 2.53. The van der Waals surface area contributed by atoms with E-state index in [-0.39, 0.29) is 5.76 Å². The molecular formula is C7H9NO4. The van der Waals surface area contributed by atoms with Crippen molar-refractivity contribution < 1.29 is 19.4 Å². The number of nitrogens with one attached hydrogen (secondary N) is 1. The van der Waals surface area contributed by atoms with Gasteiger partial charge in [-0.15, -0.1) is 0 Å². The Bertz CT molecular complexity index is 267. The quantitative estimate of drug-likeness (QED) is 0.540. The number of aliphatic hydroxyl groups is 1. The minimum absolute atomic E-state index is 0.102. The molecule has 0 radical (unpaired) electrons. The molecular weight excluding hydrogens is 162 g/mol. The number of carbonyl (C=O) groups is 2. The lowest BCUT2D eigenvalue weighted by molar-refractivity contribution is -0.116. The maximum atomic E-state index is 10.9. The zero-order valence-corrected chi connectivity index (χ0v) is 6.75. The van der Waals surface area contributed by atoms with Gasteiger partial charge in [0.05, 0.1) is 6.10 Å². The van der Waals surface area contributed by atoms with Crippen LogP contribution in [0.15, 0.2) is 11.3 Å². The fraction of sp³-hybridized carbons (Fsp3) is 0.429. The van der Waals surface area contributed by atoms with E-state index in [4.69, 9.17) is 5.11 Å². The van der Waals surface area contributed by atoms with Crippen LogP contribution in [0.3, 0.4) is 0 Å². The molecule has 5 nitrogen and oxygen atoms in total. The van der Waals surface area contributed by atoms with Gasteiger partial charge < -0.3 is 9.84 Å².